The van der Waals surface area contributed by atoms with E-state index >= 15 is 0 Å². The van der Waals surface area contributed by atoms with E-state index in [1.54, 1.807) is 25.3 Å². The molecule has 0 fully saturated rings. The van der Waals surface area contributed by atoms with Gasteiger partial charge in [-0.1, -0.05) is 32.4 Å². The van der Waals surface area contributed by atoms with Crippen molar-refractivity contribution in [3.63, 3.8) is 0 Å². The van der Waals surface area contributed by atoms with E-state index in [1.165, 1.54) is 0 Å². The molecule has 0 aliphatic rings. The van der Waals surface area contributed by atoms with Crippen molar-refractivity contribution in [1.82, 2.24) is 0 Å². The number of amides is 1. The summed E-state index contributed by atoms with van der Waals surface area (Å²) in [7, 11) is 1.55. The van der Waals surface area contributed by atoms with Gasteiger partial charge in [0.2, 0.25) is 5.91 Å². The number of carbonyl (C=O) groups excluding carboxylic acids is 1. The Hall–Kier alpha value is -1.22. The van der Waals surface area contributed by atoms with Crippen molar-refractivity contribution in [3.05, 3.63) is 23.2 Å². The van der Waals surface area contributed by atoms with E-state index in [0.29, 0.717) is 16.5 Å². The molecule has 0 aromatic heterocycles. The number of halogens is 1. The molecule has 0 heterocycles. The van der Waals surface area contributed by atoms with Crippen LogP contribution in [0.25, 0.3) is 0 Å². The van der Waals surface area contributed by atoms with Crippen molar-refractivity contribution in [2.75, 3.05) is 12.4 Å². The lowest BCUT2D eigenvalue weighted by molar-refractivity contribution is -0.123. The Morgan fingerprint density at radius 3 is 2.50 bits per heavy atom. The molecule has 0 aliphatic heterocycles. The SMILES string of the molecule is COc1ccc(Cl)cc1NC(=O)C(C)(C)C. The molecule has 0 unspecified atom stereocenters. The average molecular weight is 242 g/mol. The number of benzene rings is 1. The number of ether oxygens (including phenoxy) is 1. The molecular formula is C12H16ClNO2. The second-order valence-corrected chi connectivity index (χ2v) is 4.99. The Kier molecular flexibility index (Phi) is 3.81. The van der Waals surface area contributed by atoms with E-state index in [1.807, 2.05) is 20.8 Å². The molecule has 1 amide bonds. The zero-order chi connectivity index (χ0) is 12.3. The predicted octanol–water partition coefficient (Wildman–Crippen LogP) is 3.33. The first-order chi connectivity index (χ1) is 7.34. The molecule has 1 N–H and O–H groups in total. The predicted molar refractivity (Wildman–Crippen MR) is 66.1 cm³/mol. The minimum absolute atomic E-state index is 0.0759. The van der Waals surface area contributed by atoms with Gasteiger partial charge in [-0.25, -0.2) is 0 Å². The van der Waals surface area contributed by atoms with Crippen LogP contribution in [-0.4, -0.2) is 13.0 Å². The third-order valence-corrected chi connectivity index (χ3v) is 2.33. The number of hydrogen-bond acceptors (Lipinski definition) is 2. The molecule has 1 rings (SSSR count). The lowest BCUT2D eigenvalue weighted by atomic mass is 9.95. The third kappa shape index (κ3) is 3.14. The van der Waals surface area contributed by atoms with Gasteiger partial charge in [-0.2, -0.15) is 0 Å². The maximum absolute atomic E-state index is 11.8. The highest BCUT2D eigenvalue weighted by Crippen LogP contribution is 2.29. The minimum Gasteiger partial charge on any atom is -0.495 e. The first-order valence-corrected chi connectivity index (χ1v) is 5.37. The van der Waals surface area contributed by atoms with Gasteiger partial charge < -0.3 is 10.1 Å². The van der Waals surface area contributed by atoms with E-state index in [-0.39, 0.29) is 5.91 Å². The van der Waals surface area contributed by atoms with Crippen molar-refractivity contribution in [2.45, 2.75) is 20.8 Å². The van der Waals surface area contributed by atoms with Crippen LogP contribution in [0.1, 0.15) is 20.8 Å². The number of nitrogens with one attached hydrogen (secondary N) is 1. The summed E-state index contributed by atoms with van der Waals surface area (Å²) >= 11 is 5.86. The maximum Gasteiger partial charge on any atom is 0.229 e. The van der Waals surface area contributed by atoms with Crippen LogP contribution in [0.4, 0.5) is 5.69 Å². The fourth-order valence-corrected chi connectivity index (χ4v) is 1.26. The molecule has 1 aromatic carbocycles. The molecule has 0 radical (unpaired) electrons. The molecule has 0 bridgehead atoms. The minimum atomic E-state index is -0.451. The normalized spacial score (nSPS) is 11.1. The van der Waals surface area contributed by atoms with Gasteiger partial charge in [0.15, 0.2) is 0 Å². The van der Waals surface area contributed by atoms with Crippen LogP contribution in [0.2, 0.25) is 5.02 Å². The molecule has 1 aromatic rings. The van der Waals surface area contributed by atoms with Crippen molar-refractivity contribution >= 4 is 23.2 Å². The summed E-state index contributed by atoms with van der Waals surface area (Å²) in [6.45, 7) is 5.54. The van der Waals surface area contributed by atoms with E-state index in [9.17, 15) is 4.79 Å². The smallest absolute Gasteiger partial charge is 0.229 e. The first-order valence-electron chi connectivity index (χ1n) is 4.99. The molecule has 0 saturated carbocycles. The summed E-state index contributed by atoms with van der Waals surface area (Å²) in [4.78, 5) is 11.8. The van der Waals surface area contributed by atoms with Crippen LogP contribution < -0.4 is 10.1 Å². The lowest BCUT2D eigenvalue weighted by Crippen LogP contribution is -2.27. The summed E-state index contributed by atoms with van der Waals surface area (Å²) in [5.41, 5.74) is 0.141. The van der Waals surface area contributed by atoms with E-state index in [2.05, 4.69) is 5.32 Å². The van der Waals surface area contributed by atoms with Crippen LogP contribution in [-0.2, 0) is 4.79 Å². The van der Waals surface area contributed by atoms with Crippen molar-refractivity contribution in [2.24, 2.45) is 5.41 Å². The highest BCUT2D eigenvalue weighted by atomic mass is 35.5. The highest BCUT2D eigenvalue weighted by molar-refractivity contribution is 6.31. The van der Waals surface area contributed by atoms with Gasteiger partial charge in [-0.05, 0) is 18.2 Å². The summed E-state index contributed by atoms with van der Waals surface area (Å²) in [6, 6.07) is 5.11. The summed E-state index contributed by atoms with van der Waals surface area (Å²) in [5, 5.41) is 3.35. The quantitative estimate of drug-likeness (QED) is 0.863. The van der Waals surface area contributed by atoms with E-state index in [4.69, 9.17) is 16.3 Å². The Morgan fingerprint density at radius 2 is 2.00 bits per heavy atom. The van der Waals surface area contributed by atoms with E-state index < -0.39 is 5.41 Å². The van der Waals surface area contributed by atoms with Crippen molar-refractivity contribution in [1.29, 1.82) is 0 Å². The second kappa shape index (κ2) is 4.74. The van der Waals surface area contributed by atoms with Crippen molar-refractivity contribution < 1.29 is 9.53 Å². The number of hydrogen-bond donors (Lipinski definition) is 1. The van der Waals surface area contributed by atoms with Crippen LogP contribution in [0, 0.1) is 5.41 Å². The zero-order valence-electron chi connectivity index (χ0n) is 9.93. The summed E-state index contributed by atoms with van der Waals surface area (Å²) in [6.07, 6.45) is 0. The molecule has 16 heavy (non-hydrogen) atoms. The maximum atomic E-state index is 11.8. The Bertz CT molecular complexity index is 396. The second-order valence-electron chi connectivity index (χ2n) is 4.55. The van der Waals surface area contributed by atoms with Gasteiger partial charge in [-0.3, -0.25) is 4.79 Å². The van der Waals surface area contributed by atoms with Crippen LogP contribution >= 0.6 is 11.6 Å². The molecule has 0 aliphatic carbocycles. The van der Waals surface area contributed by atoms with Gasteiger partial charge in [-0.15, -0.1) is 0 Å². The van der Waals surface area contributed by atoms with Gasteiger partial charge in [0, 0.05) is 10.4 Å². The summed E-state index contributed by atoms with van der Waals surface area (Å²) < 4.78 is 5.14. The van der Waals surface area contributed by atoms with E-state index in [0.717, 1.165) is 0 Å². The van der Waals surface area contributed by atoms with Gasteiger partial charge >= 0.3 is 0 Å². The van der Waals surface area contributed by atoms with Crippen molar-refractivity contribution in [3.8, 4) is 5.75 Å². The van der Waals surface area contributed by atoms with Gasteiger partial charge in [0.25, 0.3) is 0 Å². The van der Waals surface area contributed by atoms with Crippen LogP contribution in [0.3, 0.4) is 0 Å². The molecule has 0 spiro atoms. The molecule has 0 atom stereocenters. The van der Waals surface area contributed by atoms with Crippen LogP contribution in [0.15, 0.2) is 18.2 Å². The molecule has 88 valence electrons. The standard InChI is InChI=1S/C12H16ClNO2/c1-12(2,3)11(15)14-9-7-8(13)5-6-10(9)16-4/h5-7H,1-4H3,(H,14,15). The lowest BCUT2D eigenvalue weighted by Gasteiger charge is -2.19. The topological polar surface area (TPSA) is 38.3 Å². The van der Waals surface area contributed by atoms with Gasteiger partial charge in [0.05, 0.1) is 12.8 Å². The molecule has 3 nitrogen and oxygen atoms in total. The Labute approximate surface area is 101 Å². The highest BCUT2D eigenvalue weighted by Gasteiger charge is 2.22. The number of carbonyl (C=O) groups is 1. The summed E-state index contributed by atoms with van der Waals surface area (Å²) in [5.74, 6) is 0.523. The monoisotopic (exact) mass is 241 g/mol. The fraction of sp³-hybridized carbons (Fsp3) is 0.417. The average Bonchev–Trinajstić information content (AvgIpc) is 2.16. The molecule has 0 saturated heterocycles. The first kappa shape index (κ1) is 12.8. The molecule has 4 heteroatoms. The Morgan fingerprint density at radius 1 is 1.38 bits per heavy atom. The van der Waals surface area contributed by atoms with Gasteiger partial charge in [0.1, 0.15) is 5.75 Å². The third-order valence-electron chi connectivity index (χ3n) is 2.09. The number of rotatable bonds is 2. The zero-order valence-corrected chi connectivity index (χ0v) is 10.7. The Balaban J connectivity index is 2.96. The molecular weight excluding hydrogens is 226 g/mol. The number of anilines is 1. The van der Waals surface area contributed by atoms with Crippen LogP contribution in [0.5, 0.6) is 5.75 Å². The fourth-order valence-electron chi connectivity index (χ4n) is 1.09. The number of methoxy groups -OCH3 is 1. The largest absolute Gasteiger partial charge is 0.495 e.